The number of nitrogens with zero attached hydrogens (tertiary/aromatic N) is 2. The second-order valence-corrected chi connectivity index (χ2v) is 3.84. The predicted octanol–water partition coefficient (Wildman–Crippen LogP) is 1.53. The molecule has 0 fully saturated rings. The van der Waals surface area contributed by atoms with E-state index in [1.807, 2.05) is 5.38 Å². The number of thiophene rings is 1. The number of aromatic amines is 1. The number of hydrogen-bond donors (Lipinski definition) is 2. The molecule has 14 heavy (non-hydrogen) atoms. The molecule has 0 radical (unpaired) electrons. The van der Waals surface area contributed by atoms with Crippen molar-refractivity contribution in [3.63, 3.8) is 0 Å². The molecule has 2 rings (SSSR count). The SMILES string of the molecule is OC(CCc1ccsc1)c1ncn[nH]1. The molecule has 0 bridgehead atoms. The summed E-state index contributed by atoms with van der Waals surface area (Å²) in [4.78, 5) is 3.90. The highest BCUT2D eigenvalue weighted by atomic mass is 32.1. The highest BCUT2D eigenvalue weighted by Crippen LogP contribution is 2.16. The normalized spacial score (nSPS) is 12.9. The lowest BCUT2D eigenvalue weighted by Crippen LogP contribution is -2.01. The van der Waals surface area contributed by atoms with Gasteiger partial charge in [0.25, 0.3) is 0 Å². The van der Waals surface area contributed by atoms with Crippen molar-refractivity contribution in [2.24, 2.45) is 0 Å². The molecule has 0 aliphatic rings. The van der Waals surface area contributed by atoms with Crippen LogP contribution in [-0.2, 0) is 6.42 Å². The Hall–Kier alpha value is -1.20. The zero-order chi connectivity index (χ0) is 9.80. The maximum atomic E-state index is 9.68. The van der Waals surface area contributed by atoms with Crippen molar-refractivity contribution in [1.82, 2.24) is 15.2 Å². The van der Waals surface area contributed by atoms with Crippen LogP contribution in [0.1, 0.15) is 23.9 Å². The van der Waals surface area contributed by atoms with E-state index in [9.17, 15) is 5.11 Å². The monoisotopic (exact) mass is 209 g/mol. The first-order valence-corrected chi connectivity index (χ1v) is 5.35. The average molecular weight is 209 g/mol. The molecule has 1 atom stereocenters. The Morgan fingerprint density at radius 3 is 3.14 bits per heavy atom. The van der Waals surface area contributed by atoms with Crippen LogP contribution >= 0.6 is 11.3 Å². The van der Waals surface area contributed by atoms with Crippen LogP contribution in [0.15, 0.2) is 23.2 Å². The smallest absolute Gasteiger partial charge is 0.153 e. The third kappa shape index (κ3) is 2.18. The molecule has 0 aliphatic carbocycles. The lowest BCUT2D eigenvalue weighted by Gasteiger charge is -2.05. The summed E-state index contributed by atoms with van der Waals surface area (Å²) >= 11 is 1.67. The molecule has 0 spiro atoms. The first kappa shape index (κ1) is 9.36. The van der Waals surface area contributed by atoms with Gasteiger partial charge in [0.1, 0.15) is 12.4 Å². The van der Waals surface area contributed by atoms with Crippen LogP contribution in [-0.4, -0.2) is 20.3 Å². The van der Waals surface area contributed by atoms with Crippen molar-refractivity contribution < 1.29 is 5.11 Å². The van der Waals surface area contributed by atoms with Crippen LogP contribution in [0.5, 0.6) is 0 Å². The summed E-state index contributed by atoms with van der Waals surface area (Å²) in [7, 11) is 0. The van der Waals surface area contributed by atoms with Crippen molar-refractivity contribution in [2.45, 2.75) is 18.9 Å². The first-order chi connectivity index (χ1) is 6.86. The number of hydrogen-bond acceptors (Lipinski definition) is 4. The maximum absolute atomic E-state index is 9.68. The highest BCUT2D eigenvalue weighted by Gasteiger charge is 2.10. The number of rotatable bonds is 4. The highest BCUT2D eigenvalue weighted by molar-refractivity contribution is 7.07. The molecule has 1 unspecified atom stereocenters. The quantitative estimate of drug-likeness (QED) is 0.802. The fourth-order valence-electron chi connectivity index (χ4n) is 1.25. The van der Waals surface area contributed by atoms with E-state index in [4.69, 9.17) is 0 Å². The molecule has 74 valence electrons. The molecule has 2 aromatic heterocycles. The van der Waals surface area contributed by atoms with E-state index in [2.05, 4.69) is 26.6 Å². The standard InChI is InChI=1S/C9H11N3OS/c13-8(9-10-6-11-12-9)2-1-7-3-4-14-5-7/h3-6,8,13H,1-2H2,(H,10,11,12). The summed E-state index contributed by atoms with van der Waals surface area (Å²) in [5.74, 6) is 0.542. The van der Waals surface area contributed by atoms with Gasteiger partial charge in [0, 0.05) is 0 Å². The summed E-state index contributed by atoms with van der Waals surface area (Å²) < 4.78 is 0. The van der Waals surface area contributed by atoms with E-state index in [0.29, 0.717) is 12.2 Å². The van der Waals surface area contributed by atoms with Crippen molar-refractivity contribution in [2.75, 3.05) is 0 Å². The minimum atomic E-state index is -0.544. The Morgan fingerprint density at radius 1 is 1.57 bits per heavy atom. The van der Waals surface area contributed by atoms with Crippen LogP contribution in [0.25, 0.3) is 0 Å². The van der Waals surface area contributed by atoms with Crippen LogP contribution in [0.2, 0.25) is 0 Å². The average Bonchev–Trinajstić information content (AvgIpc) is 2.87. The van der Waals surface area contributed by atoms with Crippen molar-refractivity contribution in [3.8, 4) is 0 Å². The molecule has 4 nitrogen and oxygen atoms in total. The molecule has 0 saturated heterocycles. The van der Waals surface area contributed by atoms with Crippen molar-refractivity contribution in [3.05, 3.63) is 34.5 Å². The van der Waals surface area contributed by atoms with E-state index in [1.54, 1.807) is 11.3 Å². The largest absolute Gasteiger partial charge is 0.385 e. The number of aliphatic hydroxyl groups excluding tert-OH is 1. The molecule has 0 aliphatic heterocycles. The van der Waals surface area contributed by atoms with Crippen molar-refractivity contribution in [1.29, 1.82) is 0 Å². The van der Waals surface area contributed by atoms with Crippen molar-refractivity contribution >= 4 is 11.3 Å². The molecule has 2 aromatic rings. The Bertz CT molecular complexity index is 357. The van der Waals surface area contributed by atoms with Gasteiger partial charge in [0.15, 0.2) is 5.82 Å². The minimum Gasteiger partial charge on any atom is -0.385 e. The number of H-pyrrole nitrogens is 1. The van der Waals surface area contributed by atoms with Gasteiger partial charge in [-0.15, -0.1) is 0 Å². The van der Waals surface area contributed by atoms with E-state index in [0.717, 1.165) is 6.42 Å². The second-order valence-electron chi connectivity index (χ2n) is 3.06. The Morgan fingerprint density at radius 2 is 2.50 bits per heavy atom. The number of aromatic nitrogens is 3. The van der Waals surface area contributed by atoms with E-state index >= 15 is 0 Å². The van der Waals surface area contributed by atoms with Gasteiger partial charge in [-0.1, -0.05) is 0 Å². The zero-order valence-corrected chi connectivity index (χ0v) is 8.37. The van der Waals surface area contributed by atoms with Gasteiger partial charge >= 0.3 is 0 Å². The third-order valence-corrected chi connectivity index (χ3v) is 2.77. The van der Waals surface area contributed by atoms with E-state index in [-0.39, 0.29) is 0 Å². The molecule has 0 aromatic carbocycles. The summed E-state index contributed by atoms with van der Waals surface area (Å²) in [6.45, 7) is 0. The molecular weight excluding hydrogens is 198 g/mol. The van der Waals surface area contributed by atoms with Gasteiger partial charge in [0.2, 0.25) is 0 Å². The summed E-state index contributed by atoms with van der Waals surface area (Å²) in [5, 5.41) is 20.2. The van der Waals surface area contributed by atoms with Gasteiger partial charge in [-0.05, 0) is 35.2 Å². The molecule has 0 saturated carbocycles. The van der Waals surface area contributed by atoms with Gasteiger partial charge in [-0.3, -0.25) is 5.10 Å². The number of aryl methyl sites for hydroxylation is 1. The Labute approximate surface area is 85.6 Å². The molecule has 2 heterocycles. The van der Waals surface area contributed by atoms with Crippen LogP contribution < -0.4 is 0 Å². The number of aliphatic hydroxyl groups is 1. The van der Waals surface area contributed by atoms with Gasteiger partial charge in [0.05, 0.1) is 0 Å². The lowest BCUT2D eigenvalue weighted by atomic mass is 10.1. The first-order valence-electron chi connectivity index (χ1n) is 4.40. The maximum Gasteiger partial charge on any atom is 0.153 e. The Balaban J connectivity index is 1.87. The predicted molar refractivity (Wildman–Crippen MR) is 54.0 cm³/mol. The van der Waals surface area contributed by atoms with Gasteiger partial charge in [-0.2, -0.15) is 16.4 Å². The zero-order valence-electron chi connectivity index (χ0n) is 7.55. The third-order valence-electron chi connectivity index (χ3n) is 2.04. The Kier molecular flexibility index (Phi) is 2.90. The molecule has 2 N–H and O–H groups in total. The topological polar surface area (TPSA) is 61.8 Å². The fraction of sp³-hybridized carbons (Fsp3) is 0.333. The van der Waals surface area contributed by atoms with Crippen LogP contribution in [0.4, 0.5) is 0 Å². The summed E-state index contributed by atoms with van der Waals surface area (Å²) in [6, 6.07) is 2.07. The molecular formula is C9H11N3OS. The molecule has 5 heteroatoms. The summed E-state index contributed by atoms with van der Waals surface area (Å²) in [6.07, 6.45) is 2.40. The molecule has 0 amide bonds. The van der Waals surface area contributed by atoms with Gasteiger partial charge in [-0.25, -0.2) is 4.98 Å². The van der Waals surface area contributed by atoms with Gasteiger partial charge < -0.3 is 5.11 Å². The van der Waals surface area contributed by atoms with E-state index in [1.165, 1.54) is 11.9 Å². The van der Waals surface area contributed by atoms with Crippen LogP contribution in [0.3, 0.4) is 0 Å². The lowest BCUT2D eigenvalue weighted by molar-refractivity contribution is 0.158. The minimum absolute atomic E-state index is 0.542. The second kappa shape index (κ2) is 4.34. The van der Waals surface area contributed by atoms with E-state index < -0.39 is 6.10 Å². The summed E-state index contributed by atoms with van der Waals surface area (Å²) in [5.41, 5.74) is 1.26. The number of nitrogens with one attached hydrogen (secondary N) is 1. The fourth-order valence-corrected chi connectivity index (χ4v) is 1.95. The van der Waals surface area contributed by atoms with Crippen LogP contribution in [0, 0.1) is 0 Å².